The van der Waals surface area contributed by atoms with E-state index in [1.165, 1.54) is 4.90 Å². The number of carbonyl (C=O) groups is 2. The van der Waals surface area contributed by atoms with Gasteiger partial charge in [-0.3, -0.25) is 19.3 Å². The fourth-order valence-corrected chi connectivity index (χ4v) is 4.55. The van der Waals surface area contributed by atoms with Crippen LogP contribution in [0.15, 0.2) is 48.5 Å². The smallest absolute Gasteiger partial charge is 0.304 e. The molecule has 0 radical (unpaired) electrons. The van der Waals surface area contributed by atoms with Gasteiger partial charge in [0.2, 0.25) is 0 Å². The first kappa shape index (κ1) is 35.6. The van der Waals surface area contributed by atoms with Crippen LogP contribution >= 0.6 is 0 Å². The number of ketones is 1. The van der Waals surface area contributed by atoms with Gasteiger partial charge in [-0.15, -0.1) is 0 Å². The van der Waals surface area contributed by atoms with Crippen LogP contribution in [-0.2, 0) is 28.6 Å². The first-order chi connectivity index (χ1) is 20.9. The van der Waals surface area contributed by atoms with Crippen LogP contribution in [0.25, 0.3) is 0 Å². The average Bonchev–Trinajstić information content (AvgIpc) is 3.23. The molecule has 0 aromatic heterocycles. The number of ether oxygens (including phenoxy) is 4. The molecule has 0 aliphatic carbocycles. The molecule has 1 N–H and O–H groups in total. The van der Waals surface area contributed by atoms with Gasteiger partial charge in [0.1, 0.15) is 6.73 Å². The summed E-state index contributed by atoms with van der Waals surface area (Å²) in [4.78, 5) is 34.5. The number of fused-ring (bicyclic) bond motifs is 1. The molecule has 44 heavy (non-hydrogen) atoms. The molecule has 0 spiro atoms. The summed E-state index contributed by atoms with van der Waals surface area (Å²) in [6.45, 7) is 14.8. The molecule has 244 valence electrons. The SMILES string of the molecule is CN(COCCN(CCOCC(C)(C)COCCO)c1ccc(N2C(=O)C(=O)c3ccccc32)cc1)OCCOC(C)(C)C. The molecular weight excluding hydrogens is 566 g/mol. The number of amides is 1. The van der Waals surface area contributed by atoms with Crippen molar-refractivity contribution in [3.8, 4) is 0 Å². The minimum Gasteiger partial charge on any atom is -0.394 e. The average molecular weight is 616 g/mol. The Morgan fingerprint density at radius 1 is 0.795 bits per heavy atom. The Hall–Kier alpha value is -2.90. The number of hydrogen-bond donors (Lipinski definition) is 1. The van der Waals surface area contributed by atoms with Crippen molar-refractivity contribution in [1.29, 1.82) is 0 Å². The van der Waals surface area contributed by atoms with Gasteiger partial charge in [0.05, 0.1) is 69.7 Å². The van der Waals surface area contributed by atoms with Gasteiger partial charge < -0.3 is 29.0 Å². The Kier molecular flexibility index (Phi) is 13.7. The second-order valence-corrected chi connectivity index (χ2v) is 12.4. The predicted octanol–water partition coefficient (Wildman–Crippen LogP) is 4.06. The van der Waals surface area contributed by atoms with Crippen molar-refractivity contribution in [3.63, 3.8) is 0 Å². The Labute approximate surface area is 261 Å². The van der Waals surface area contributed by atoms with E-state index in [2.05, 4.69) is 18.7 Å². The second kappa shape index (κ2) is 17.0. The van der Waals surface area contributed by atoms with E-state index in [1.54, 1.807) is 23.3 Å². The molecule has 0 atom stereocenters. The molecule has 2 aromatic carbocycles. The number of aliphatic hydroxyl groups excluding tert-OH is 1. The fourth-order valence-electron chi connectivity index (χ4n) is 4.55. The number of hydrogen-bond acceptors (Lipinski definition) is 10. The number of para-hydroxylation sites is 1. The first-order valence-corrected chi connectivity index (χ1v) is 15.1. The zero-order chi connectivity index (χ0) is 32.2. The first-order valence-electron chi connectivity index (χ1n) is 15.1. The van der Waals surface area contributed by atoms with E-state index in [9.17, 15) is 9.59 Å². The number of carbonyl (C=O) groups excluding carboxylic acids is 2. The summed E-state index contributed by atoms with van der Waals surface area (Å²) in [5, 5.41) is 10.6. The van der Waals surface area contributed by atoms with Gasteiger partial charge >= 0.3 is 5.91 Å². The number of hydroxylamine groups is 2. The molecule has 0 fully saturated rings. The van der Waals surface area contributed by atoms with Crippen LogP contribution in [0.1, 0.15) is 45.0 Å². The molecule has 1 heterocycles. The van der Waals surface area contributed by atoms with Crippen LogP contribution in [0.2, 0.25) is 0 Å². The normalized spacial score (nSPS) is 13.7. The van der Waals surface area contributed by atoms with Crippen molar-refractivity contribution >= 4 is 28.8 Å². The lowest BCUT2D eigenvalue weighted by Gasteiger charge is -2.28. The van der Waals surface area contributed by atoms with Crippen LogP contribution in [0.3, 0.4) is 0 Å². The van der Waals surface area contributed by atoms with E-state index < -0.39 is 11.7 Å². The summed E-state index contributed by atoms with van der Waals surface area (Å²) >= 11 is 0. The van der Waals surface area contributed by atoms with Crippen LogP contribution in [0, 0.1) is 5.41 Å². The Morgan fingerprint density at radius 2 is 1.43 bits per heavy atom. The third-order valence-electron chi connectivity index (χ3n) is 6.70. The highest BCUT2D eigenvalue weighted by molar-refractivity contribution is 6.53. The van der Waals surface area contributed by atoms with E-state index in [-0.39, 0.29) is 17.6 Å². The molecule has 0 unspecified atom stereocenters. The van der Waals surface area contributed by atoms with Gasteiger partial charge in [0, 0.05) is 36.9 Å². The molecule has 3 rings (SSSR count). The lowest BCUT2D eigenvalue weighted by molar-refractivity contribution is -0.203. The Balaban J connectivity index is 1.58. The zero-order valence-corrected chi connectivity index (χ0v) is 27.0. The summed E-state index contributed by atoms with van der Waals surface area (Å²) in [6, 6.07) is 14.6. The lowest BCUT2D eigenvalue weighted by atomic mass is 9.96. The highest BCUT2D eigenvalue weighted by Crippen LogP contribution is 2.35. The van der Waals surface area contributed by atoms with E-state index >= 15 is 0 Å². The predicted molar refractivity (Wildman–Crippen MR) is 169 cm³/mol. The lowest BCUT2D eigenvalue weighted by Crippen LogP contribution is -2.34. The number of aliphatic hydroxyl groups is 1. The highest BCUT2D eigenvalue weighted by atomic mass is 16.7. The molecule has 11 nitrogen and oxygen atoms in total. The maximum absolute atomic E-state index is 12.8. The molecule has 0 saturated heterocycles. The highest BCUT2D eigenvalue weighted by Gasteiger charge is 2.36. The van der Waals surface area contributed by atoms with Gasteiger partial charge in [-0.1, -0.05) is 26.0 Å². The van der Waals surface area contributed by atoms with Gasteiger partial charge in [0.15, 0.2) is 0 Å². The summed E-state index contributed by atoms with van der Waals surface area (Å²) in [7, 11) is 1.82. The molecule has 1 aliphatic heterocycles. The Morgan fingerprint density at radius 3 is 2.09 bits per heavy atom. The quantitative estimate of drug-likeness (QED) is 0.101. The maximum Gasteiger partial charge on any atom is 0.304 e. The van der Waals surface area contributed by atoms with Gasteiger partial charge in [-0.05, 0) is 57.2 Å². The van der Waals surface area contributed by atoms with E-state index in [0.29, 0.717) is 83.0 Å². The third-order valence-corrected chi connectivity index (χ3v) is 6.70. The Bertz CT molecular complexity index is 1180. The van der Waals surface area contributed by atoms with Crippen molar-refractivity contribution in [2.45, 2.75) is 40.2 Å². The van der Waals surface area contributed by atoms with Crippen molar-refractivity contribution < 1.29 is 38.5 Å². The molecule has 1 aliphatic rings. The molecule has 1 amide bonds. The fraction of sp³-hybridized carbons (Fsp3) is 0.576. The van der Waals surface area contributed by atoms with E-state index in [1.807, 2.05) is 58.2 Å². The summed E-state index contributed by atoms with van der Waals surface area (Å²) in [6.07, 6.45) is 0. The zero-order valence-electron chi connectivity index (χ0n) is 27.0. The molecule has 2 aromatic rings. The number of nitrogens with zero attached hydrogens (tertiary/aromatic N) is 3. The topological polar surface area (TPSA) is 110 Å². The second-order valence-electron chi connectivity index (χ2n) is 12.4. The molecule has 0 saturated carbocycles. The van der Waals surface area contributed by atoms with E-state index in [4.69, 9.17) is 28.9 Å². The van der Waals surface area contributed by atoms with Gasteiger partial charge in [-0.2, -0.15) is 5.06 Å². The molecule has 11 heteroatoms. The van der Waals surface area contributed by atoms with Crippen LogP contribution in [0.4, 0.5) is 17.1 Å². The minimum atomic E-state index is -0.556. The van der Waals surface area contributed by atoms with Crippen LogP contribution in [-0.4, -0.2) is 107 Å². The summed E-state index contributed by atoms with van der Waals surface area (Å²) in [5.41, 5.74) is 2.17. The standard InChI is InChI=1S/C33H49N3O8/c1-32(2,3)43-21-22-44-34(6)25-42-19-16-35(15-18-40-23-33(4,5)24-41-20-17-37)26-11-13-27(14-12-26)36-29-10-8-7-9-28(29)30(38)31(36)39/h7-14,37H,15-25H2,1-6H3. The number of anilines is 3. The third kappa shape index (κ3) is 11.2. The maximum atomic E-state index is 12.8. The summed E-state index contributed by atoms with van der Waals surface area (Å²) in [5.74, 6) is -1.06. The van der Waals surface area contributed by atoms with E-state index in [0.717, 1.165) is 5.69 Å². The van der Waals surface area contributed by atoms with Gasteiger partial charge in [-0.25, -0.2) is 0 Å². The van der Waals surface area contributed by atoms with Crippen LogP contribution < -0.4 is 9.80 Å². The number of rotatable bonds is 20. The number of benzene rings is 2. The van der Waals surface area contributed by atoms with Crippen LogP contribution in [0.5, 0.6) is 0 Å². The molecule has 0 bridgehead atoms. The van der Waals surface area contributed by atoms with Crippen molar-refractivity contribution in [2.24, 2.45) is 5.41 Å². The number of Topliss-reactive ketones (excluding diaryl/α,β-unsaturated/α-hetero) is 1. The summed E-state index contributed by atoms with van der Waals surface area (Å²) < 4.78 is 23.1. The van der Waals surface area contributed by atoms with Gasteiger partial charge in [0.25, 0.3) is 5.78 Å². The van der Waals surface area contributed by atoms with Crippen molar-refractivity contribution in [3.05, 3.63) is 54.1 Å². The minimum absolute atomic E-state index is 0.00493. The van der Waals surface area contributed by atoms with Crippen molar-refractivity contribution in [1.82, 2.24) is 5.06 Å². The largest absolute Gasteiger partial charge is 0.394 e. The molecular formula is C33H49N3O8. The van der Waals surface area contributed by atoms with Crippen molar-refractivity contribution in [2.75, 3.05) is 89.5 Å². The monoisotopic (exact) mass is 615 g/mol.